The molecule has 2 amide bonds. The number of amides is 2. The van der Waals surface area contributed by atoms with E-state index in [9.17, 15) is 9.90 Å². The van der Waals surface area contributed by atoms with Gasteiger partial charge in [0.2, 0.25) is 5.88 Å². The Kier molecular flexibility index (Phi) is 4.45. The number of likely N-dealkylation sites (tertiary alicyclic amines) is 1. The molecule has 1 atom stereocenters. The lowest BCUT2D eigenvalue weighted by Gasteiger charge is -2.21. The zero-order valence-electron chi connectivity index (χ0n) is 15.4. The molecule has 3 aliphatic heterocycles. The number of pyridine rings is 1. The van der Waals surface area contributed by atoms with E-state index in [0.717, 1.165) is 54.9 Å². The molecule has 28 heavy (non-hydrogen) atoms. The van der Waals surface area contributed by atoms with E-state index in [1.165, 1.54) is 11.3 Å². The summed E-state index contributed by atoms with van der Waals surface area (Å²) in [5.41, 5.74) is 2.62. The van der Waals surface area contributed by atoms with Crippen molar-refractivity contribution in [3.05, 3.63) is 17.8 Å². The van der Waals surface area contributed by atoms with Crippen LogP contribution in [0.15, 0.2) is 12.3 Å². The highest BCUT2D eigenvalue weighted by Gasteiger charge is 2.42. The van der Waals surface area contributed by atoms with E-state index in [2.05, 4.69) is 15.3 Å². The molecule has 0 radical (unpaired) electrons. The first kappa shape index (κ1) is 17.8. The van der Waals surface area contributed by atoms with Crippen molar-refractivity contribution in [1.82, 2.24) is 14.9 Å². The number of hydrogen-bond acceptors (Lipinski definition) is 7. The van der Waals surface area contributed by atoms with Crippen LogP contribution >= 0.6 is 11.3 Å². The van der Waals surface area contributed by atoms with Gasteiger partial charge >= 0.3 is 6.03 Å². The Morgan fingerprint density at radius 3 is 3.04 bits per heavy atom. The normalized spacial score (nSPS) is 24.9. The van der Waals surface area contributed by atoms with Gasteiger partial charge in [-0.05, 0) is 24.8 Å². The molecule has 0 bridgehead atoms. The van der Waals surface area contributed by atoms with E-state index in [1.54, 1.807) is 6.20 Å². The SMILES string of the molecule is O=C(Nc1nc2c(O)ncc(C3=CCOCC3)c2s1)N1CCC2(CCOC2)C1. The van der Waals surface area contributed by atoms with Crippen LogP contribution in [0.5, 0.6) is 5.88 Å². The number of nitrogens with zero attached hydrogens (tertiary/aromatic N) is 3. The number of aromatic hydroxyl groups is 1. The molecule has 5 heterocycles. The van der Waals surface area contributed by atoms with Crippen LogP contribution in [0.2, 0.25) is 0 Å². The average Bonchev–Trinajstić information content (AvgIpc) is 3.44. The number of anilines is 1. The number of rotatable bonds is 2. The molecule has 8 nitrogen and oxygen atoms in total. The smallest absolute Gasteiger partial charge is 0.323 e. The summed E-state index contributed by atoms with van der Waals surface area (Å²) in [6.07, 6.45) is 6.48. The molecule has 0 saturated carbocycles. The number of carbonyl (C=O) groups excluding carboxylic acids is 1. The van der Waals surface area contributed by atoms with Crippen LogP contribution in [-0.4, -0.2) is 65.5 Å². The van der Waals surface area contributed by atoms with Gasteiger partial charge in [0, 0.05) is 36.9 Å². The molecule has 1 spiro atoms. The van der Waals surface area contributed by atoms with Gasteiger partial charge in [0.05, 0.1) is 24.5 Å². The number of thiazole rings is 1. The molecular formula is C19H22N4O4S. The molecular weight excluding hydrogens is 380 g/mol. The third-order valence-corrected chi connectivity index (χ3v) is 6.84. The summed E-state index contributed by atoms with van der Waals surface area (Å²) >= 11 is 1.37. The van der Waals surface area contributed by atoms with Gasteiger partial charge in [0.1, 0.15) is 5.52 Å². The molecule has 148 valence electrons. The standard InChI is InChI=1S/C19H22N4O4S/c24-16-14-15(13(9-20-16)12-1-6-26-7-2-12)28-17(21-14)22-18(25)23-5-3-19(10-23)4-8-27-11-19/h1,9H,2-8,10-11H2,(H,20,24)(H,21,22,25). The molecule has 1 unspecified atom stereocenters. The summed E-state index contributed by atoms with van der Waals surface area (Å²) in [4.78, 5) is 23.1. The van der Waals surface area contributed by atoms with Gasteiger partial charge in [0.25, 0.3) is 0 Å². The topological polar surface area (TPSA) is 96.8 Å². The fourth-order valence-electron chi connectivity index (χ4n) is 4.20. The Morgan fingerprint density at radius 2 is 2.25 bits per heavy atom. The summed E-state index contributed by atoms with van der Waals surface area (Å²) in [7, 11) is 0. The molecule has 0 aliphatic carbocycles. The van der Waals surface area contributed by atoms with Gasteiger partial charge in [-0.1, -0.05) is 17.4 Å². The Morgan fingerprint density at radius 1 is 1.32 bits per heavy atom. The van der Waals surface area contributed by atoms with E-state index in [-0.39, 0.29) is 17.3 Å². The zero-order chi connectivity index (χ0) is 19.1. The van der Waals surface area contributed by atoms with Crippen molar-refractivity contribution >= 4 is 38.3 Å². The van der Waals surface area contributed by atoms with Crippen molar-refractivity contribution in [2.24, 2.45) is 5.41 Å². The summed E-state index contributed by atoms with van der Waals surface area (Å²) < 4.78 is 11.7. The van der Waals surface area contributed by atoms with Gasteiger partial charge in [-0.2, -0.15) is 0 Å². The van der Waals surface area contributed by atoms with E-state index in [0.29, 0.717) is 30.4 Å². The van der Waals surface area contributed by atoms with Crippen LogP contribution in [0.25, 0.3) is 15.8 Å². The van der Waals surface area contributed by atoms with Gasteiger partial charge in [-0.3, -0.25) is 5.32 Å². The third-order valence-electron chi connectivity index (χ3n) is 5.83. The molecule has 9 heteroatoms. The first-order chi connectivity index (χ1) is 13.6. The number of hydrogen-bond donors (Lipinski definition) is 2. The largest absolute Gasteiger partial charge is 0.492 e. The van der Waals surface area contributed by atoms with E-state index in [1.807, 2.05) is 11.0 Å². The highest BCUT2D eigenvalue weighted by molar-refractivity contribution is 7.22. The maximum Gasteiger partial charge on any atom is 0.323 e. The van der Waals surface area contributed by atoms with Crippen LogP contribution in [-0.2, 0) is 9.47 Å². The molecule has 2 saturated heterocycles. The van der Waals surface area contributed by atoms with Crippen LogP contribution < -0.4 is 5.32 Å². The lowest BCUT2D eigenvalue weighted by atomic mass is 9.87. The maximum absolute atomic E-state index is 12.7. The lowest BCUT2D eigenvalue weighted by molar-refractivity contribution is 0.154. The second-order valence-electron chi connectivity index (χ2n) is 7.65. The minimum absolute atomic E-state index is 0.119. The summed E-state index contributed by atoms with van der Waals surface area (Å²) in [5, 5.41) is 13.5. The number of aromatic nitrogens is 2. The number of fused-ring (bicyclic) bond motifs is 1. The fraction of sp³-hybridized carbons (Fsp3) is 0.526. The van der Waals surface area contributed by atoms with Crippen molar-refractivity contribution < 1.29 is 19.4 Å². The number of ether oxygens (including phenoxy) is 2. The molecule has 2 fully saturated rings. The van der Waals surface area contributed by atoms with Gasteiger partial charge in [-0.25, -0.2) is 14.8 Å². The van der Waals surface area contributed by atoms with Crippen LogP contribution in [0.1, 0.15) is 24.8 Å². The van der Waals surface area contributed by atoms with E-state index >= 15 is 0 Å². The minimum atomic E-state index is -0.151. The fourth-order valence-corrected chi connectivity index (χ4v) is 5.20. The van der Waals surface area contributed by atoms with Crippen molar-refractivity contribution in [3.8, 4) is 5.88 Å². The predicted octanol–water partition coefficient (Wildman–Crippen LogP) is 2.84. The first-order valence-electron chi connectivity index (χ1n) is 9.53. The first-order valence-corrected chi connectivity index (χ1v) is 10.3. The minimum Gasteiger partial charge on any atom is -0.492 e. The second kappa shape index (κ2) is 6.98. The molecule has 2 N–H and O–H groups in total. The number of urea groups is 1. The summed E-state index contributed by atoms with van der Waals surface area (Å²) in [6, 6.07) is -0.151. The van der Waals surface area contributed by atoms with Crippen LogP contribution in [0.3, 0.4) is 0 Å². The summed E-state index contributed by atoms with van der Waals surface area (Å²) in [6.45, 7) is 4.19. The Balaban J connectivity index is 1.38. The monoisotopic (exact) mass is 402 g/mol. The highest BCUT2D eigenvalue weighted by atomic mass is 32.1. The van der Waals surface area contributed by atoms with E-state index < -0.39 is 0 Å². The zero-order valence-corrected chi connectivity index (χ0v) is 16.3. The predicted molar refractivity (Wildman–Crippen MR) is 106 cm³/mol. The Bertz CT molecular complexity index is 951. The third kappa shape index (κ3) is 3.13. The lowest BCUT2D eigenvalue weighted by Crippen LogP contribution is -2.35. The van der Waals surface area contributed by atoms with Crippen molar-refractivity contribution in [1.29, 1.82) is 0 Å². The van der Waals surface area contributed by atoms with Crippen LogP contribution in [0, 0.1) is 5.41 Å². The van der Waals surface area contributed by atoms with Crippen LogP contribution in [0.4, 0.5) is 9.93 Å². The van der Waals surface area contributed by atoms with Gasteiger partial charge in [0.15, 0.2) is 5.13 Å². The molecule has 0 aromatic carbocycles. The average molecular weight is 402 g/mol. The molecule has 2 aromatic heterocycles. The number of carbonyl (C=O) groups is 1. The quantitative estimate of drug-likeness (QED) is 0.802. The molecule has 2 aromatic rings. The second-order valence-corrected chi connectivity index (χ2v) is 8.65. The Labute approximate surface area is 166 Å². The summed E-state index contributed by atoms with van der Waals surface area (Å²) in [5.74, 6) is -0.119. The van der Waals surface area contributed by atoms with Gasteiger partial charge < -0.3 is 19.5 Å². The number of nitrogens with one attached hydrogen (secondary N) is 1. The van der Waals surface area contributed by atoms with E-state index in [4.69, 9.17) is 9.47 Å². The Hall–Kier alpha value is -2.23. The van der Waals surface area contributed by atoms with Gasteiger partial charge in [-0.15, -0.1) is 0 Å². The molecule has 3 aliphatic rings. The van der Waals surface area contributed by atoms with Crippen molar-refractivity contribution in [2.75, 3.05) is 44.8 Å². The maximum atomic E-state index is 12.7. The molecule has 5 rings (SSSR count). The van der Waals surface area contributed by atoms with Crippen molar-refractivity contribution in [3.63, 3.8) is 0 Å². The highest BCUT2D eigenvalue weighted by Crippen LogP contribution is 2.40. The van der Waals surface area contributed by atoms with Crippen molar-refractivity contribution in [2.45, 2.75) is 19.3 Å².